The number of fused-ring (bicyclic) bond motifs is 2. The van der Waals surface area contributed by atoms with Gasteiger partial charge in [0.25, 0.3) is 12.0 Å². The molecule has 1 fully saturated rings. The van der Waals surface area contributed by atoms with E-state index in [2.05, 4.69) is 26.0 Å². The lowest BCUT2D eigenvalue weighted by Crippen LogP contribution is -2.20. The number of hydrogen-bond donors (Lipinski definition) is 3. The van der Waals surface area contributed by atoms with Gasteiger partial charge in [0.15, 0.2) is 0 Å². The predicted octanol–water partition coefficient (Wildman–Crippen LogP) is 8.18. The number of ether oxygens (including phenoxy) is 1. The summed E-state index contributed by atoms with van der Waals surface area (Å²) in [5, 5.41) is 14.0. The van der Waals surface area contributed by atoms with Crippen molar-refractivity contribution >= 4 is 51.4 Å². The molecule has 1 amide bonds. The van der Waals surface area contributed by atoms with Gasteiger partial charge in [-0.1, -0.05) is 67.4 Å². The van der Waals surface area contributed by atoms with Crippen molar-refractivity contribution in [1.29, 1.82) is 0 Å². The van der Waals surface area contributed by atoms with Crippen molar-refractivity contribution in [2.24, 2.45) is 7.05 Å². The lowest BCUT2D eigenvalue weighted by Gasteiger charge is -2.17. The Labute approximate surface area is 304 Å². The number of amides is 1. The summed E-state index contributed by atoms with van der Waals surface area (Å²) in [5.74, 6) is 0.709. The Morgan fingerprint density at radius 1 is 1.00 bits per heavy atom. The van der Waals surface area contributed by atoms with Gasteiger partial charge in [-0.15, -0.1) is 0 Å². The van der Waals surface area contributed by atoms with E-state index >= 15 is 0 Å². The number of aromatic nitrogens is 4. The molecule has 51 heavy (non-hydrogen) atoms. The first-order valence-corrected chi connectivity index (χ1v) is 17.4. The van der Waals surface area contributed by atoms with E-state index in [4.69, 9.17) is 32.9 Å². The maximum absolute atomic E-state index is 13.7. The van der Waals surface area contributed by atoms with Crippen molar-refractivity contribution in [2.45, 2.75) is 52.0 Å². The minimum absolute atomic E-state index is 0.0518. The van der Waals surface area contributed by atoms with Gasteiger partial charge in [-0.05, 0) is 50.1 Å². The summed E-state index contributed by atoms with van der Waals surface area (Å²) in [4.78, 5) is 31.9. The van der Waals surface area contributed by atoms with Gasteiger partial charge >= 0.3 is 0 Å². The number of methoxy groups -OCH3 is 1. The molecule has 0 spiro atoms. The van der Waals surface area contributed by atoms with Crippen LogP contribution >= 0.6 is 23.2 Å². The first-order chi connectivity index (χ1) is 24.6. The van der Waals surface area contributed by atoms with Crippen LogP contribution in [0.2, 0.25) is 10.0 Å². The lowest BCUT2D eigenvalue weighted by atomic mass is 9.99. The number of anilines is 2. The van der Waals surface area contributed by atoms with Crippen LogP contribution < -0.4 is 26.2 Å². The van der Waals surface area contributed by atoms with E-state index < -0.39 is 17.7 Å². The van der Waals surface area contributed by atoms with Gasteiger partial charge in [-0.2, -0.15) is 5.10 Å². The van der Waals surface area contributed by atoms with Gasteiger partial charge in [0.05, 0.1) is 40.1 Å². The van der Waals surface area contributed by atoms with Gasteiger partial charge in [0.1, 0.15) is 11.5 Å². The molecule has 1 unspecified atom stereocenters. The Morgan fingerprint density at radius 3 is 2.33 bits per heavy atom. The SMILES string of the molecule is CC.CNC1CCc2cc(-c3cccc(-c4cccc(Nc5nc(C(F)F)cc6cnn(C)c(=O)c56)c4Cl)c3Cl)nc(OC)c21.O=C1CCCN1. The molecule has 4 heterocycles. The molecule has 0 bridgehead atoms. The molecule has 2 aromatic carbocycles. The zero-order valence-electron chi connectivity index (χ0n) is 28.9. The molecule has 1 saturated heterocycles. The Bertz CT molecular complexity index is 2120. The van der Waals surface area contributed by atoms with Gasteiger partial charge in [-0.25, -0.2) is 23.4 Å². The van der Waals surface area contributed by atoms with Crippen LogP contribution in [0.5, 0.6) is 5.88 Å². The van der Waals surface area contributed by atoms with Gasteiger partial charge < -0.3 is 20.7 Å². The quantitative estimate of drug-likeness (QED) is 0.153. The summed E-state index contributed by atoms with van der Waals surface area (Å²) in [7, 11) is 5.00. The van der Waals surface area contributed by atoms with Crippen molar-refractivity contribution < 1.29 is 18.3 Å². The summed E-state index contributed by atoms with van der Waals surface area (Å²) < 4.78 is 34.2. The highest BCUT2D eigenvalue weighted by Gasteiger charge is 2.28. The summed E-state index contributed by atoms with van der Waals surface area (Å²) in [6.07, 6.45) is 2.09. The second kappa shape index (κ2) is 16.6. The van der Waals surface area contributed by atoms with Crippen LogP contribution in [0.1, 0.15) is 62.4 Å². The predicted molar refractivity (Wildman–Crippen MR) is 198 cm³/mol. The molecule has 1 aliphatic heterocycles. The topological polar surface area (TPSA) is 123 Å². The van der Waals surface area contributed by atoms with Crippen molar-refractivity contribution in [2.75, 3.05) is 26.0 Å². The molecule has 7 rings (SSSR count). The highest BCUT2D eigenvalue weighted by Crippen LogP contribution is 2.44. The third-order valence-electron chi connectivity index (χ3n) is 8.59. The molecule has 0 radical (unpaired) electrons. The largest absolute Gasteiger partial charge is 0.481 e. The van der Waals surface area contributed by atoms with Crippen LogP contribution in [0.15, 0.2) is 59.5 Å². The van der Waals surface area contributed by atoms with E-state index in [9.17, 15) is 18.4 Å². The minimum Gasteiger partial charge on any atom is -0.481 e. The van der Waals surface area contributed by atoms with Crippen LogP contribution in [0, 0.1) is 0 Å². The second-order valence-corrected chi connectivity index (χ2v) is 12.4. The lowest BCUT2D eigenvalue weighted by molar-refractivity contribution is -0.119. The summed E-state index contributed by atoms with van der Waals surface area (Å²) in [6, 6.07) is 14.2. The van der Waals surface area contributed by atoms with Crippen molar-refractivity contribution in [3.05, 3.63) is 91.9 Å². The number of nitrogens with one attached hydrogen (secondary N) is 3. The van der Waals surface area contributed by atoms with E-state index in [1.54, 1.807) is 25.3 Å². The Morgan fingerprint density at radius 2 is 1.71 bits per heavy atom. The number of pyridine rings is 2. The van der Waals surface area contributed by atoms with E-state index in [0.29, 0.717) is 39.0 Å². The Balaban J connectivity index is 0.000000564. The molecule has 10 nitrogen and oxygen atoms in total. The second-order valence-electron chi connectivity index (χ2n) is 11.6. The molecular formula is C37H39Cl2F2N7O3. The number of nitrogens with zero attached hydrogens (tertiary/aromatic N) is 4. The summed E-state index contributed by atoms with van der Waals surface area (Å²) in [6.45, 7) is 4.89. The number of carbonyl (C=O) groups excluding carboxylic acids is 1. The van der Waals surface area contributed by atoms with Crippen molar-refractivity contribution in [3.63, 3.8) is 0 Å². The number of benzene rings is 2. The fourth-order valence-corrected chi connectivity index (χ4v) is 6.73. The molecule has 5 aromatic rings. The molecule has 3 N–H and O–H groups in total. The summed E-state index contributed by atoms with van der Waals surface area (Å²) in [5.41, 5.74) is 4.19. The van der Waals surface area contributed by atoms with Crippen LogP contribution in [-0.4, -0.2) is 46.4 Å². The molecule has 1 aliphatic carbocycles. The summed E-state index contributed by atoms with van der Waals surface area (Å²) >= 11 is 13.9. The third kappa shape index (κ3) is 7.83. The highest BCUT2D eigenvalue weighted by molar-refractivity contribution is 6.39. The normalized spacial score (nSPS) is 14.7. The maximum atomic E-state index is 13.7. The van der Waals surface area contributed by atoms with Gasteiger partial charge in [-0.3, -0.25) is 9.59 Å². The van der Waals surface area contributed by atoms with Crippen LogP contribution in [0.3, 0.4) is 0 Å². The average molecular weight is 739 g/mol. The smallest absolute Gasteiger partial charge is 0.280 e. The Hall–Kier alpha value is -4.65. The Kier molecular flexibility index (Phi) is 12.2. The monoisotopic (exact) mass is 737 g/mol. The van der Waals surface area contributed by atoms with Crippen LogP contribution in [-0.2, 0) is 18.3 Å². The van der Waals surface area contributed by atoms with Crippen molar-refractivity contribution in [3.8, 4) is 28.3 Å². The highest BCUT2D eigenvalue weighted by atomic mass is 35.5. The molecule has 0 saturated carbocycles. The van der Waals surface area contributed by atoms with E-state index in [1.807, 2.05) is 45.2 Å². The van der Waals surface area contributed by atoms with Crippen molar-refractivity contribution in [1.82, 2.24) is 30.4 Å². The standard InChI is InChI=1S/C31H26Cl2F2N6O2.C4H7NO.C2H6/c1-36-20-11-10-15-12-22(40-30(43-3)24(15)20)19-8-4-6-17(26(19)32)18-7-5-9-21(27(18)33)38-29-25-16(13-23(39-29)28(34)35)14-37-41(2)31(25)42;6-4-2-1-3-5-4;1-2/h4-9,12-14,20,28,36H,10-11H2,1-3H3,(H,38,39);1-3H2,(H,5,6);1-2H3. The fourth-order valence-electron chi connectivity index (χ4n) is 6.13. The van der Waals surface area contributed by atoms with E-state index in [-0.39, 0.29) is 33.6 Å². The first kappa shape index (κ1) is 37.6. The van der Waals surface area contributed by atoms with Gasteiger partial charge in [0, 0.05) is 53.7 Å². The minimum atomic E-state index is -2.85. The molecule has 268 valence electrons. The first-order valence-electron chi connectivity index (χ1n) is 16.6. The van der Waals surface area contributed by atoms with E-state index in [1.165, 1.54) is 13.2 Å². The average Bonchev–Trinajstić information content (AvgIpc) is 3.80. The molecule has 14 heteroatoms. The molecule has 2 aliphatic rings. The van der Waals surface area contributed by atoms with Crippen LogP contribution in [0.25, 0.3) is 33.2 Å². The zero-order valence-corrected chi connectivity index (χ0v) is 30.4. The van der Waals surface area contributed by atoms with Gasteiger partial charge in [0.2, 0.25) is 11.8 Å². The number of rotatable bonds is 7. The number of carbonyl (C=O) groups is 1. The maximum Gasteiger partial charge on any atom is 0.280 e. The number of alkyl halides is 2. The molecule has 1 atom stereocenters. The molecular weight excluding hydrogens is 699 g/mol. The van der Waals surface area contributed by atoms with Crippen LogP contribution in [0.4, 0.5) is 20.3 Å². The third-order valence-corrected chi connectivity index (χ3v) is 9.41. The number of hydrogen-bond acceptors (Lipinski definition) is 8. The molecule has 3 aromatic heterocycles. The number of halogens is 4. The van der Waals surface area contributed by atoms with E-state index in [0.717, 1.165) is 54.1 Å². The fraction of sp³-hybridized carbons (Fsp3) is 0.324. The number of aryl methyl sites for hydroxylation is 2. The zero-order chi connectivity index (χ0) is 36.8.